The van der Waals surface area contributed by atoms with Crippen molar-refractivity contribution >= 4 is 27.5 Å². The number of anilines is 1. The Morgan fingerprint density at radius 3 is 2.45 bits per heavy atom. The summed E-state index contributed by atoms with van der Waals surface area (Å²) in [6.45, 7) is 7.61. The topological polar surface area (TPSA) is 96.0 Å². The van der Waals surface area contributed by atoms with Crippen LogP contribution in [0.4, 0.5) is 5.69 Å². The van der Waals surface area contributed by atoms with E-state index in [4.69, 9.17) is 4.74 Å². The first-order valence-corrected chi connectivity index (χ1v) is 12.6. The maximum atomic E-state index is 13.0. The second-order valence-electron chi connectivity index (χ2n) is 8.07. The molecule has 1 unspecified atom stereocenters. The van der Waals surface area contributed by atoms with Gasteiger partial charge in [0.25, 0.3) is 0 Å². The molecular weight excluding hydrogens is 418 g/mol. The van der Waals surface area contributed by atoms with E-state index in [1.165, 1.54) is 16.4 Å². The second-order valence-corrected chi connectivity index (χ2v) is 10.0. The summed E-state index contributed by atoms with van der Waals surface area (Å²) < 4.78 is 32.8. The van der Waals surface area contributed by atoms with Crippen LogP contribution in [0.2, 0.25) is 0 Å². The van der Waals surface area contributed by atoms with Crippen molar-refractivity contribution in [2.75, 3.05) is 38.1 Å². The molecule has 1 aromatic rings. The molecule has 1 aliphatic carbocycles. The first-order chi connectivity index (χ1) is 14.8. The van der Waals surface area contributed by atoms with Crippen LogP contribution >= 0.6 is 0 Å². The molecule has 0 bridgehead atoms. The maximum absolute atomic E-state index is 13.0. The molecule has 0 radical (unpaired) electrons. The molecule has 1 N–H and O–H groups in total. The van der Waals surface area contributed by atoms with Crippen molar-refractivity contribution in [3.8, 4) is 5.75 Å². The molecule has 0 spiro atoms. The molecule has 3 rings (SSSR count). The molecule has 0 aromatic heterocycles. The zero-order valence-electron chi connectivity index (χ0n) is 18.6. The van der Waals surface area contributed by atoms with E-state index in [0.29, 0.717) is 50.6 Å². The lowest BCUT2D eigenvalue weighted by molar-refractivity contribution is -0.135. The summed E-state index contributed by atoms with van der Waals surface area (Å²) in [6, 6.07) is 4.55. The number of hydrogen-bond acceptors (Lipinski definition) is 5. The SMILES string of the molecule is CCOc1ccc(S(=O)(=O)N(CC)CC)cc1NC(=O)C1CCCN(C(=O)C2CC2)C1. The predicted octanol–water partition coefficient (Wildman–Crippen LogP) is 2.70. The number of nitrogens with zero attached hydrogens (tertiary/aromatic N) is 2. The van der Waals surface area contributed by atoms with Crippen molar-refractivity contribution in [3.05, 3.63) is 18.2 Å². The van der Waals surface area contributed by atoms with E-state index in [-0.39, 0.29) is 28.5 Å². The lowest BCUT2D eigenvalue weighted by Gasteiger charge is -2.32. The highest BCUT2D eigenvalue weighted by Crippen LogP contribution is 2.33. The molecule has 1 aliphatic heterocycles. The van der Waals surface area contributed by atoms with Crippen LogP contribution in [0.3, 0.4) is 0 Å². The third kappa shape index (κ3) is 5.38. The lowest BCUT2D eigenvalue weighted by Crippen LogP contribution is -2.44. The van der Waals surface area contributed by atoms with Gasteiger partial charge in [0, 0.05) is 32.1 Å². The lowest BCUT2D eigenvalue weighted by atomic mass is 9.96. The normalized spacial score (nSPS) is 19.4. The molecule has 1 atom stereocenters. The number of piperidine rings is 1. The number of hydrogen-bond donors (Lipinski definition) is 1. The van der Waals surface area contributed by atoms with Crippen LogP contribution in [0.25, 0.3) is 0 Å². The fraction of sp³-hybridized carbons (Fsp3) is 0.636. The van der Waals surface area contributed by atoms with Crippen molar-refractivity contribution in [3.63, 3.8) is 0 Å². The van der Waals surface area contributed by atoms with Gasteiger partial charge in [0.1, 0.15) is 5.75 Å². The number of ether oxygens (including phenoxy) is 1. The van der Waals surface area contributed by atoms with Crippen molar-refractivity contribution in [2.24, 2.45) is 11.8 Å². The van der Waals surface area contributed by atoms with Gasteiger partial charge in [-0.05, 0) is 50.8 Å². The Kier molecular flexibility index (Phi) is 7.59. The number of likely N-dealkylation sites (tertiary alicyclic amines) is 1. The highest BCUT2D eigenvalue weighted by Gasteiger charge is 2.37. The molecule has 1 aromatic carbocycles. The van der Waals surface area contributed by atoms with Gasteiger partial charge in [0.2, 0.25) is 21.8 Å². The quantitative estimate of drug-likeness (QED) is 0.623. The van der Waals surface area contributed by atoms with Gasteiger partial charge in [-0.25, -0.2) is 8.42 Å². The maximum Gasteiger partial charge on any atom is 0.243 e. The van der Waals surface area contributed by atoms with Gasteiger partial charge in [-0.1, -0.05) is 13.8 Å². The summed E-state index contributed by atoms with van der Waals surface area (Å²) in [6.07, 6.45) is 3.36. The molecule has 8 nitrogen and oxygen atoms in total. The van der Waals surface area contributed by atoms with Crippen molar-refractivity contribution in [2.45, 2.75) is 51.3 Å². The molecule has 1 saturated carbocycles. The van der Waals surface area contributed by atoms with Crippen molar-refractivity contribution in [1.29, 1.82) is 0 Å². The Morgan fingerprint density at radius 1 is 1.13 bits per heavy atom. The Labute approximate surface area is 185 Å². The Balaban J connectivity index is 1.79. The average molecular weight is 452 g/mol. The molecule has 2 fully saturated rings. The summed E-state index contributed by atoms with van der Waals surface area (Å²) in [4.78, 5) is 27.3. The number of benzene rings is 1. The summed E-state index contributed by atoms with van der Waals surface area (Å²) in [5.41, 5.74) is 0.339. The predicted molar refractivity (Wildman–Crippen MR) is 118 cm³/mol. The van der Waals surface area contributed by atoms with E-state index in [2.05, 4.69) is 5.32 Å². The highest BCUT2D eigenvalue weighted by molar-refractivity contribution is 7.89. The van der Waals surface area contributed by atoms with Gasteiger partial charge in [-0.15, -0.1) is 0 Å². The number of sulfonamides is 1. The van der Waals surface area contributed by atoms with Crippen LogP contribution in [0.1, 0.15) is 46.5 Å². The molecule has 1 heterocycles. The van der Waals surface area contributed by atoms with Gasteiger partial charge in [0.15, 0.2) is 0 Å². The first-order valence-electron chi connectivity index (χ1n) is 11.2. The number of nitrogens with one attached hydrogen (secondary N) is 1. The van der Waals surface area contributed by atoms with Crippen LogP contribution in [0.5, 0.6) is 5.75 Å². The smallest absolute Gasteiger partial charge is 0.243 e. The second kappa shape index (κ2) is 9.99. The Morgan fingerprint density at radius 2 is 1.84 bits per heavy atom. The summed E-state index contributed by atoms with van der Waals surface area (Å²) in [7, 11) is -3.67. The van der Waals surface area contributed by atoms with Crippen LogP contribution in [0.15, 0.2) is 23.1 Å². The largest absolute Gasteiger partial charge is 0.492 e. The number of carbonyl (C=O) groups excluding carboxylic acids is 2. The number of carbonyl (C=O) groups is 2. The van der Waals surface area contributed by atoms with Crippen LogP contribution in [-0.4, -0.2) is 62.2 Å². The minimum Gasteiger partial charge on any atom is -0.492 e. The van der Waals surface area contributed by atoms with Crippen molar-refractivity contribution in [1.82, 2.24) is 9.21 Å². The molecule has 1 saturated heterocycles. The third-order valence-electron chi connectivity index (χ3n) is 5.88. The van der Waals surface area contributed by atoms with Gasteiger partial charge >= 0.3 is 0 Å². The molecule has 2 aliphatic rings. The zero-order valence-corrected chi connectivity index (χ0v) is 19.4. The van der Waals surface area contributed by atoms with Gasteiger partial charge in [0.05, 0.1) is 23.1 Å². The highest BCUT2D eigenvalue weighted by atomic mass is 32.2. The molecule has 2 amide bonds. The fourth-order valence-electron chi connectivity index (χ4n) is 3.98. The van der Waals surface area contributed by atoms with E-state index < -0.39 is 10.0 Å². The van der Waals surface area contributed by atoms with E-state index in [1.54, 1.807) is 24.8 Å². The fourth-order valence-corrected chi connectivity index (χ4v) is 5.46. The van der Waals surface area contributed by atoms with Crippen LogP contribution in [0, 0.1) is 11.8 Å². The zero-order chi connectivity index (χ0) is 22.6. The Hall–Kier alpha value is -2.13. The minimum atomic E-state index is -3.67. The Bertz CT molecular complexity index is 910. The molecule has 172 valence electrons. The molecule has 31 heavy (non-hydrogen) atoms. The standard InChI is InChI=1S/C22H33N3O5S/c1-4-25(5-2)31(28,29)18-11-12-20(30-6-3)19(14-18)23-21(26)17-8-7-13-24(15-17)22(27)16-9-10-16/h11-12,14,16-17H,4-10,13,15H2,1-3H3,(H,23,26). The van der Waals surface area contributed by atoms with Crippen LogP contribution < -0.4 is 10.1 Å². The minimum absolute atomic E-state index is 0.115. The summed E-state index contributed by atoms with van der Waals surface area (Å²) >= 11 is 0. The number of amides is 2. The van der Waals surface area contributed by atoms with E-state index >= 15 is 0 Å². The average Bonchev–Trinajstić information content (AvgIpc) is 3.60. The van der Waals surface area contributed by atoms with E-state index in [1.807, 2.05) is 6.92 Å². The van der Waals surface area contributed by atoms with Crippen LogP contribution in [-0.2, 0) is 19.6 Å². The summed E-state index contributed by atoms with van der Waals surface area (Å²) in [5, 5.41) is 2.87. The van der Waals surface area contributed by atoms with E-state index in [0.717, 1.165) is 19.3 Å². The third-order valence-corrected chi connectivity index (χ3v) is 7.93. The van der Waals surface area contributed by atoms with Gasteiger partial charge in [-0.2, -0.15) is 4.31 Å². The summed E-state index contributed by atoms with van der Waals surface area (Å²) in [5.74, 6) is 0.171. The molecule has 9 heteroatoms. The van der Waals surface area contributed by atoms with Gasteiger partial charge in [-0.3, -0.25) is 9.59 Å². The monoisotopic (exact) mass is 451 g/mol. The van der Waals surface area contributed by atoms with Gasteiger partial charge < -0.3 is 15.0 Å². The number of rotatable bonds is 9. The van der Waals surface area contributed by atoms with Crippen molar-refractivity contribution < 1.29 is 22.7 Å². The molecular formula is C22H33N3O5S. The van der Waals surface area contributed by atoms with E-state index in [9.17, 15) is 18.0 Å². The first kappa shape index (κ1) is 23.5.